The molecular formula is C29H31N9O2. The Morgan fingerprint density at radius 1 is 0.975 bits per heavy atom. The van der Waals surface area contributed by atoms with Gasteiger partial charge in [0.1, 0.15) is 36.3 Å². The fourth-order valence-electron chi connectivity index (χ4n) is 5.77. The van der Waals surface area contributed by atoms with Gasteiger partial charge in [-0.25, -0.2) is 24.5 Å². The monoisotopic (exact) mass is 537 g/mol. The topological polar surface area (TPSA) is 106 Å². The number of hydrogen-bond donors (Lipinski definition) is 1. The van der Waals surface area contributed by atoms with Crippen LogP contribution in [0.4, 0.5) is 17.2 Å². The summed E-state index contributed by atoms with van der Waals surface area (Å²) < 4.78 is 14.0. The van der Waals surface area contributed by atoms with Crippen molar-refractivity contribution in [3.63, 3.8) is 0 Å². The Hall–Kier alpha value is -4.51. The lowest BCUT2D eigenvalue weighted by atomic mass is 9.94. The lowest BCUT2D eigenvalue weighted by Crippen LogP contribution is -2.61. The number of nitrogens with zero attached hydrogens (tertiary/aromatic N) is 8. The van der Waals surface area contributed by atoms with E-state index in [4.69, 9.17) is 14.5 Å². The second kappa shape index (κ2) is 9.60. The normalized spacial score (nSPS) is 18.8. The highest BCUT2D eigenvalue weighted by Gasteiger charge is 2.47. The number of anilines is 3. The van der Waals surface area contributed by atoms with Crippen LogP contribution >= 0.6 is 0 Å². The molecule has 5 aromatic rings. The molecule has 2 aromatic carbocycles. The smallest absolute Gasteiger partial charge is 0.224 e. The van der Waals surface area contributed by atoms with Crippen LogP contribution in [0.25, 0.3) is 16.6 Å². The summed E-state index contributed by atoms with van der Waals surface area (Å²) in [5.41, 5.74) is 4.47. The molecule has 11 nitrogen and oxygen atoms in total. The second-order valence-corrected chi connectivity index (χ2v) is 10.7. The predicted octanol–water partition coefficient (Wildman–Crippen LogP) is 4.59. The molecule has 0 aliphatic carbocycles. The van der Waals surface area contributed by atoms with Gasteiger partial charge in [-0.1, -0.05) is 0 Å². The molecule has 5 heterocycles. The molecule has 2 fully saturated rings. The van der Waals surface area contributed by atoms with Gasteiger partial charge in [-0.15, -0.1) is 0 Å². The molecule has 11 heteroatoms. The van der Waals surface area contributed by atoms with Crippen molar-refractivity contribution < 1.29 is 9.47 Å². The van der Waals surface area contributed by atoms with Crippen LogP contribution in [0.2, 0.25) is 0 Å². The first kappa shape index (κ1) is 24.5. The third-order valence-corrected chi connectivity index (χ3v) is 7.76. The van der Waals surface area contributed by atoms with Gasteiger partial charge in [0.25, 0.3) is 0 Å². The Balaban J connectivity index is 1.22. The van der Waals surface area contributed by atoms with E-state index in [0.717, 1.165) is 58.9 Å². The van der Waals surface area contributed by atoms with Gasteiger partial charge in [0, 0.05) is 36.9 Å². The number of likely N-dealkylation sites (tertiary alicyclic amines) is 1. The standard InChI is InChI=1S/C29H31N9O2/c1-17(2)39-24-8-6-20-27(28(24)37-13-22-21(37)9-10-36(22)4)29(32-14-30-20)35-19-5-7-23(18(3)11-19)40-26-12-25-31-15-34-38(25)16-33-26/h5-8,11-12,14-17,21-22H,9-10,13H2,1-4H3,(H,30,32,35). The van der Waals surface area contributed by atoms with E-state index in [-0.39, 0.29) is 6.10 Å². The van der Waals surface area contributed by atoms with Crippen molar-refractivity contribution in [1.29, 1.82) is 0 Å². The van der Waals surface area contributed by atoms with Gasteiger partial charge in [0.05, 0.1) is 22.7 Å². The quantitative estimate of drug-likeness (QED) is 0.317. The van der Waals surface area contributed by atoms with Gasteiger partial charge in [0.15, 0.2) is 5.65 Å². The molecule has 0 amide bonds. The number of nitrogens with one attached hydrogen (secondary N) is 1. The zero-order chi connectivity index (χ0) is 27.4. The number of ether oxygens (including phenoxy) is 2. The number of benzene rings is 2. The fraction of sp³-hybridized carbons (Fsp3) is 0.345. The minimum atomic E-state index is 0.0516. The summed E-state index contributed by atoms with van der Waals surface area (Å²) in [6.45, 7) is 8.19. The van der Waals surface area contributed by atoms with Gasteiger partial charge < -0.3 is 19.7 Å². The number of fused-ring (bicyclic) bond motifs is 3. The van der Waals surface area contributed by atoms with Crippen molar-refractivity contribution in [2.75, 3.05) is 30.4 Å². The van der Waals surface area contributed by atoms with Crippen molar-refractivity contribution >= 4 is 33.7 Å². The maximum Gasteiger partial charge on any atom is 0.224 e. The van der Waals surface area contributed by atoms with Crippen molar-refractivity contribution in [2.24, 2.45) is 0 Å². The van der Waals surface area contributed by atoms with E-state index in [1.165, 1.54) is 6.33 Å². The van der Waals surface area contributed by atoms with E-state index in [2.05, 4.69) is 56.1 Å². The first-order valence-corrected chi connectivity index (χ1v) is 13.6. The van der Waals surface area contributed by atoms with E-state index in [0.29, 0.717) is 29.4 Å². The average Bonchev–Trinajstić information content (AvgIpc) is 3.49. The molecule has 0 radical (unpaired) electrons. The zero-order valence-corrected chi connectivity index (χ0v) is 22.9. The third-order valence-electron chi connectivity index (χ3n) is 7.76. The summed E-state index contributed by atoms with van der Waals surface area (Å²) >= 11 is 0. The van der Waals surface area contributed by atoms with Crippen LogP contribution in [0.3, 0.4) is 0 Å². The Bertz CT molecular complexity index is 1720. The minimum absolute atomic E-state index is 0.0516. The molecule has 204 valence electrons. The average molecular weight is 538 g/mol. The van der Waals surface area contributed by atoms with Gasteiger partial charge in [0.2, 0.25) is 5.88 Å². The Morgan fingerprint density at radius 2 is 1.85 bits per heavy atom. The van der Waals surface area contributed by atoms with E-state index in [1.54, 1.807) is 23.2 Å². The molecule has 2 aliphatic heterocycles. The predicted molar refractivity (Wildman–Crippen MR) is 153 cm³/mol. The van der Waals surface area contributed by atoms with Crippen LogP contribution in [-0.2, 0) is 0 Å². The molecule has 7 rings (SSSR count). The maximum absolute atomic E-state index is 6.33. The molecule has 40 heavy (non-hydrogen) atoms. The number of rotatable bonds is 7. The van der Waals surface area contributed by atoms with Crippen LogP contribution in [0, 0.1) is 6.92 Å². The second-order valence-electron chi connectivity index (χ2n) is 10.7. The van der Waals surface area contributed by atoms with Gasteiger partial charge in [-0.05, 0) is 70.1 Å². The fourth-order valence-corrected chi connectivity index (χ4v) is 5.77. The summed E-state index contributed by atoms with van der Waals surface area (Å²) in [5.74, 6) is 2.78. The number of likely N-dealkylation sites (N-methyl/N-ethyl adjacent to an activating group) is 1. The molecule has 0 saturated carbocycles. The van der Waals surface area contributed by atoms with Crippen molar-refractivity contribution in [2.45, 2.75) is 45.4 Å². The molecule has 2 atom stereocenters. The summed E-state index contributed by atoms with van der Waals surface area (Å²) in [6.07, 6.45) is 5.86. The molecule has 0 bridgehead atoms. The van der Waals surface area contributed by atoms with Gasteiger partial charge >= 0.3 is 0 Å². The highest BCUT2D eigenvalue weighted by molar-refractivity contribution is 6.04. The van der Waals surface area contributed by atoms with Crippen LogP contribution < -0.4 is 19.7 Å². The van der Waals surface area contributed by atoms with Crippen LogP contribution in [-0.4, -0.2) is 72.8 Å². The van der Waals surface area contributed by atoms with Crippen LogP contribution in [0.1, 0.15) is 25.8 Å². The summed E-state index contributed by atoms with van der Waals surface area (Å²) in [7, 11) is 2.21. The third kappa shape index (κ3) is 4.22. The van der Waals surface area contributed by atoms with E-state index >= 15 is 0 Å². The minimum Gasteiger partial charge on any atom is -0.489 e. The molecule has 2 saturated heterocycles. The molecular weight excluding hydrogens is 506 g/mol. The number of aryl methyl sites for hydroxylation is 1. The zero-order valence-electron chi connectivity index (χ0n) is 22.9. The summed E-state index contributed by atoms with van der Waals surface area (Å²) in [6, 6.07) is 12.8. The lowest BCUT2D eigenvalue weighted by molar-refractivity contribution is 0.228. The molecule has 1 N–H and O–H groups in total. The summed E-state index contributed by atoms with van der Waals surface area (Å²) in [4.78, 5) is 22.8. The van der Waals surface area contributed by atoms with Crippen molar-refractivity contribution in [1.82, 2.24) is 34.4 Å². The van der Waals surface area contributed by atoms with Crippen molar-refractivity contribution in [3.8, 4) is 17.4 Å². The first-order valence-electron chi connectivity index (χ1n) is 13.6. The highest BCUT2D eigenvalue weighted by atomic mass is 16.5. The molecule has 2 unspecified atom stereocenters. The SMILES string of the molecule is Cc1cc(Nc2ncnc3ccc(OC(C)C)c(N4CC5C4CCN5C)c23)ccc1Oc1cc2ncnn2cn1. The molecule has 3 aromatic heterocycles. The van der Waals surface area contributed by atoms with E-state index in [9.17, 15) is 0 Å². The first-order chi connectivity index (χ1) is 19.4. The van der Waals surface area contributed by atoms with E-state index in [1.807, 2.05) is 37.3 Å². The highest BCUT2D eigenvalue weighted by Crippen LogP contribution is 2.46. The maximum atomic E-state index is 6.33. The van der Waals surface area contributed by atoms with E-state index < -0.39 is 0 Å². The lowest BCUT2D eigenvalue weighted by Gasteiger charge is -2.48. The Kier molecular flexibility index (Phi) is 5.88. The Labute approximate surface area is 231 Å². The summed E-state index contributed by atoms with van der Waals surface area (Å²) in [5, 5.41) is 8.60. The Morgan fingerprint density at radius 3 is 2.67 bits per heavy atom. The van der Waals surface area contributed by atoms with Gasteiger partial charge in [-0.3, -0.25) is 4.90 Å². The molecule has 0 spiro atoms. The van der Waals surface area contributed by atoms with Crippen molar-refractivity contribution in [3.05, 3.63) is 60.9 Å². The largest absolute Gasteiger partial charge is 0.489 e. The van der Waals surface area contributed by atoms with Crippen LogP contribution in [0.5, 0.6) is 17.4 Å². The number of hydrogen-bond acceptors (Lipinski definition) is 10. The van der Waals surface area contributed by atoms with Crippen LogP contribution in [0.15, 0.2) is 55.4 Å². The molecule has 2 aliphatic rings. The van der Waals surface area contributed by atoms with Gasteiger partial charge in [-0.2, -0.15) is 5.10 Å². The number of aromatic nitrogens is 6.